The van der Waals surface area contributed by atoms with Crippen LogP contribution in [0.2, 0.25) is 0 Å². The molecular weight excluding hydrogens is 179 g/mol. The first-order valence-corrected chi connectivity index (χ1v) is 4.03. The van der Waals surface area contributed by atoms with E-state index in [0.717, 1.165) is 6.42 Å². The molecular formula is C9H17KO2. The molecule has 0 N–H and O–H groups in total. The van der Waals surface area contributed by atoms with E-state index >= 15 is 0 Å². The van der Waals surface area contributed by atoms with Gasteiger partial charge < -0.3 is 9.90 Å². The Labute approximate surface area is 118 Å². The van der Waals surface area contributed by atoms with Gasteiger partial charge in [0.1, 0.15) is 0 Å². The van der Waals surface area contributed by atoms with Gasteiger partial charge in [-0.3, -0.25) is 0 Å². The van der Waals surface area contributed by atoms with Crippen molar-refractivity contribution in [2.24, 2.45) is 11.3 Å². The van der Waals surface area contributed by atoms with Crippen molar-refractivity contribution < 1.29 is 61.3 Å². The molecule has 0 aromatic rings. The second-order valence-corrected chi connectivity index (χ2v) is 4.31. The van der Waals surface area contributed by atoms with Crippen LogP contribution in [0.15, 0.2) is 0 Å². The summed E-state index contributed by atoms with van der Waals surface area (Å²) >= 11 is 0. The smallest absolute Gasteiger partial charge is 0.550 e. The van der Waals surface area contributed by atoms with E-state index in [1.165, 1.54) is 0 Å². The van der Waals surface area contributed by atoms with E-state index in [0.29, 0.717) is 5.92 Å². The van der Waals surface area contributed by atoms with Crippen LogP contribution in [0, 0.1) is 11.3 Å². The summed E-state index contributed by atoms with van der Waals surface area (Å²) in [6, 6.07) is 0. The van der Waals surface area contributed by atoms with Crippen LogP contribution >= 0.6 is 0 Å². The van der Waals surface area contributed by atoms with Gasteiger partial charge in [0, 0.05) is 5.97 Å². The number of rotatable bonds is 4. The Morgan fingerprint density at radius 1 is 1.42 bits per heavy atom. The molecule has 0 atom stereocenters. The molecule has 0 aliphatic carbocycles. The zero-order chi connectivity index (χ0) is 9.07. The minimum Gasteiger partial charge on any atom is -0.550 e. The number of aliphatic carboxylic acids is 1. The van der Waals surface area contributed by atoms with E-state index in [9.17, 15) is 9.90 Å². The summed E-state index contributed by atoms with van der Waals surface area (Å²) in [5.74, 6) is -0.403. The molecule has 0 aliphatic heterocycles. The average Bonchev–Trinajstić information content (AvgIpc) is 1.53. The molecule has 0 aromatic carbocycles. The molecule has 3 heteroatoms. The van der Waals surface area contributed by atoms with Crippen molar-refractivity contribution in [1.29, 1.82) is 0 Å². The predicted octanol–water partition coefficient (Wildman–Crippen LogP) is -1.80. The van der Waals surface area contributed by atoms with Crippen molar-refractivity contribution >= 4 is 5.97 Å². The number of carbonyl (C=O) groups excluding carboxylic acids is 1. The van der Waals surface area contributed by atoms with Crippen LogP contribution < -0.4 is 56.5 Å². The Balaban J connectivity index is 0. The van der Waals surface area contributed by atoms with Gasteiger partial charge in [-0.25, -0.2) is 0 Å². The predicted molar refractivity (Wildman–Crippen MR) is 42.9 cm³/mol. The van der Waals surface area contributed by atoms with Crippen molar-refractivity contribution in [2.75, 3.05) is 0 Å². The van der Waals surface area contributed by atoms with Crippen molar-refractivity contribution in [2.45, 2.75) is 40.5 Å². The standard InChI is InChI=1S/C9H18O2.K/c1-7(2)5-9(3,4)6-8(10)11;/h7H,5-6H2,1-4H3,(H,10,11);/q;+1/p-1. The van der Waals surface area contributed by atoms with Gasteiger partial charge >= 0.3 is 51.4 Å². The molecule has 0 radical (unpaired) electrons. The molecule has 0 saturated carbocycles. The molecule has 0 spiro atoms. The van der Waals surface area contributed by atoms with E-state index in [1.807, 2.05) is 13.8 Å². The molecule has 2 nitrogen and oxygen atoms in total. The average molecular weight is 196 g/mol. The summed E-state index contributed by atoms with van der Waals surface area (Å²) in [4.78, 5) is 10.3. The molecule has 12 heavy (non-hydrogen) atoms. The van der Waals surface area contributed by atoms with E-state index in [2.05, 4.69) is 13.8 Å². The second-order valence-electron chi connectivity index (χ2n) is 4.31. The minimum absolute atomic E-state index is 0. The van der Waals surface area contributed by atoms with Crippen molar-refractivity contribution in [3.05, 3.63) is 0 Å². The molecule has 0 rings (SSSR count). The Morgan fingerprint density at radius 3 is 2.08 bits per heavy atom. The van der Waals surface area contributed by atoms with E-state index in [4.69, 9.17) is 0 Å². The van der Waals surface area contributed by atoms with Gasteiger partial charge in [-0.1, -0.05) is 27.7 Å². The third-order valence-electron chi connectivity index (χ3n) is 1.58. The molecule has 0 heterocycles. The quantitative estimate of drug-likeness (QED) is 0.498. The van der Waals surface area contributed by atoms with Crippen molar-refractivity contribution in [3.63, 3.8) is 0 Å². The fourth-order valence-electron chi connectivity index (χ4n) is 1.57. The number of carbonyl (C=O) groups is 1. The third-order valence-corrected chi connectivity index (χ3v) is 1.58. The van der Waals surface area contributed by atoms with Gasteiger partial charge in [0.15, 0.2) is 0 Å². The zero-order valence-electron chi connectivity index (χ0n) is 8.81. The van der Waals surface area contributed by atoms with E-state index < -0.39 is 5.97 Å². The maximum absolute atomic E-state index is 10.3. The number of hydrogen-bond acceptors (Lipinski definition) is 2. The fraction of sp³-hybridized carbons (Fsp3) is 0.889. The first-order chi connectivity index (χ1) is 4.83. The fourth-order valence-corrected chi connectivity index (χ4v) is 1.57. The number of hydrogen-bond donors (Lipinski definition) is 0. The Hall–Kier alpha value is 1.11. The molecule has 0 amide bonds. The van der Waals surface area contributed by atoms with E-state index in [-0.39, 0.29) is 63.2 Å². The van der Waals surface area contributed by atoms with Gasteiger partial charge in [-0.15, -0.1) is 0 Å². The van der Waals surface area contributed by atoms with Crippen LogP contribution in [0.4, 0.5) is 0 Å². The van der Waals surface area contributed by atoms with E-state index in [1.54, 1.807) is 0 Å². The van der Waals surface area contributed by atoms with Crippen LogP contribution in [0.1, 0.15) is 40.5 Å². The summed E-state index contributed by atoms with van der Waals surface area (Å²) in [5, 5.41) is 10.3. The Morgan fingerprint density at radius 2 is 1.83 bits per heavy atom. The molecule has 0 fully saturated rings. The first-order valence-electron chi connectivity index (χ1n) is 4.03. The summed E-state index contributed by atoms with van der Waals surface area (Å²) in [6.45, 7) is 8.11. The SMILES string of the molecule is CC(C)CC(C)(C)CC(=O)[O-].[K+]. The first kappa shape index (κ1) is 15.6. The van der Waals surface area contributed by atoms with Crippen molar-refractivity contribution in [3.8, 4) is 0 Å². The van der Waals surface area contributed by atoms with Crippen LogP contribution in [0.25, 0.3) is 0 Å². The number of carboxylic acids is 1. The molecule has 0 bridgehead atoms. The minimum atomic E-state index is -0.948. The summed E-state index contributed by atoms with van der Waals surface area (Å²) in [6.07, 6.45) is 1.09. The largest absolute Gasteiger partial charge is 1.00 e. The molecule has 66 valence electrons. The Kier molecular flexibility index (Phi) is 8.49. The van der Waals surface area contributed by atoms with Crippen molar-refractivity contribution in [1.82, 2.24) is 0 Å². The summed E-state index contributed by atoms with van der Waals surface area (Å²) < 4.78 is 0. The topological polar surface area (TPSA) is 40.1 Å². The normalized spacial score (nSPS) is 11.1. The Bertz CT molecular complexity index is 141. The summed E-state index contributed by atoms with van der Waals surface area (Å²) in [5.41, 5.74) is -0.118. The zero-order valence-corrected chi connectivity index (χ0v) is 11.9. The maximum Gasteiger partial charge on any atom is 1.00 e. The second kappa shape index (κ2) is 6.54. The maximum atomic E-state index is 10.3. The van der Waals surface area contributed by atoms with Gasteiger partial charge in [0.25, 0.3) is 0 Å². The van der Waals surface area contributed by atoms with Crippen LogP contribution in [-0.4, -0.2) is 5.97 Å². The number of carboxylic acid groups (broad SMARTS) is 1. The van der Waals surface area contributed by atoms with Crippen LogP contribution in [-0.2, 0) is 4.79 Å². The van der Waals surface area contributed by atoms with Crippen LogP contribution in [0.3, 0.4) is 0 Å². The van der Waals surface area contributed by atoms with Gasteiger partial charge in [0.05, 0.1) is 0 Å². The molecule has 0 aliphatic rings. The monoisotopic (exact) mass is 196 g/mol. The molecule has 0 saturated heterocycles. The van der Waals surface area contributed by atoms with Gasteiger partial charge in [-0.2, -0.15) is 0 Å². The van der Waals surface area contributed by atoms with Crippen LogP contribution in [0.5, 0.6) is 0 Å². The van der Waals surface area contributed by atoms with Gasteiger partial charge in [0.2, 0.25) is 0 Å². The molecule has 0 aromatic heterocycles. The summed E-state index contributed by atoms with van der Waals surface area (Å²) in [7, 11) is 0. The molecule has 0 unspecified atom stereocenters. The third kappa shape index (κ3) is 9.20. The van der Waals surface area contributed by atoms with Gasteiger partial charge in [-0.05, 0) is 24.2 Å².